The highest BCUT2D eigenvalue weighted by Crippen LogP contribution is 2.31. The van der Waals surface area contributed by atoms with Crippen molar-refractivity contribution in [3.63, 3.8) is 0 Å². The van der Waals surface area contributed by atoms with E-state index in [4.69, 9.17) is 4.52 Å². The summed E-state index contributed by atoms with van der Waals surface area (Å²) in [6, 6.07) is 5.48. The fourth-order valence-corrected chi connectivity index (χ4v) is 4.89. The molecule has 1 saturated carbocycles. The molecular weight excluding hydrogens is 350 g/mol. The predicted molar refractivity (Wildman–Crippen MR) is 99.6 cm³/mol. The molecule has 0 bridgehead atoms. The maximum atomic E-state index is 12.8. The molecule has 3 rings (SSSR count). The highest BCUT2D eigenvalue weighted by Gasteiger charge is 2.24. The van der Waals surface area contributed by atoms with Crippen LogP contribution < -0.4 is 0 Å². The van der Waals surface area contributed by atoms with E-state index in [0.717, 1.165) is 24.0 Å². The van der Waals surface area contributed by atoms with Crippen LogP contribution in [-0.2, 0) is 16.4 Å². The Bertz CT molecular complexity index is 855. The molecule has 0 spiro atoms. The van der Waals surface area contributed by atoms with Gasteiger partial charge < -0.3 is 4.52 Å². The van der Waals surface area contributed by atoms with E-state index in [0.29, 0.717) is 35.5 Å². The Labute approximate surface area is 155 Å². The minimum Gasteiger partial charge on any atom is -0.339 e. The van der Waals surface area contributed by atoms with E-state index in [2.05, 4.69) is 10.1 Å². The lowest BCUT2D eigenvalue weighted by atomic mass is 9.89. The van der Waals surface area contributed by atoms with E-state index in [1.54, 1.807) is 13.1 Å². The molecule has 7 heteroatoms. The summed E-state index contributed by atoms with van der Waals surface area (Å²) in [4.78, 5) is 4.85. The molecule has 2 aromatic rings. The number of rotatable bonds is 6. The van der Waals surface area contributed by atoms with Gasteiger partial charge in [-0.05, 0) is 43.9 Å². The van der Waals surface area contributed by atoms with Gasteiger partial charge in [-0.2, -0.15) is 4.98 Å². The normalized spacial score (nSPS) is 16.3. The molecular formula is C19H27N3O3S. The molecule has 0 saturated heterocycles. The lowest BCUT2D eigenvalue weighted by molar-refractivity contribution is 0.311. The molecule has 1 aliphatic carbocycles. The molecule has 6 nitrogen and oxygen atoms in total. The van der Waals surface area contributed by atoms with Gasteiger partial charge in [-0.1, -0.05) is 36.6 Å². The molecule has 142 valence electrons. The number of sulfonamides is 1. The number of aryl methyl sites for hydroxylation is 2. The van der Waals surface area contributed by atoms with E-state index >= 15 is 0 Å². The van der Waals surface area contributed by atoms with Crippen LogP contribution in [0.25, 0.3) is 0 Å². The van der Waals surface area contributed by atoms with Gasteiger partial charge in [0.1, 0.15) is 0 Å². The highest BCUT2D eigenvalue weighted by atomic mass is 32.2. The Kier molecular flexibility index (Phi) is 5.77. The van der Waals surface area contributed by atoms with E-state index < -0.39 is 10.0 Å². The average Bonchev–Trinajstić information content (AvgIpc) is 3.11. The van der Waals surface area contributed by atoms with Crippen LogP contribution in [0.3, 0.4) is 0 Å². The Hall–Kier alpha value is -1.73. The van der Waals surface area contributed by atoms with Gasteiger partial charge in [0.25, 0.3) is 0 Å². The van der Waals surface area contributed by atoms with Crippen molar-refractivity contribution in [1.82, 2.24) is 14.4 Å². The van der Waals surface area contributed by atoms with E-state index in [9.17, 15) is 8.42 Å². The second kappa shape index (κ2) is 7.88. The first-order valence-electron chi connectivity index (χ1n) is 9.24. The molecule has 0 N–H and O–H groups in total. The van der Waals surface area contributed by atoms with E-state index in [-0.39, 0.29) is 0 Å². The largest absolute Gasteiger partial charge is 0.339 e. The van der Waals surface area contributed by atoms with Crippen molar-refractivity contribution in [1.29, 1.82) is 0 Å². The minimum atomic E-state index is -3.53. The lowest BCUT2D eigenvalue weighted by Gasteiger charge is -2.18. The summed E-state index contributed by atoms with van der Waals surface area (Å²) in [6.07, 6.45) is 6.33. The van der Waals surface area contributed by atoms with Crippen molar-refractivity contribution in [3.05, 3.63) is 41.0 Å². The van der Waals surface area contributed by atoms with Gasteiger partial charge in [-0.25, -0.2) is 12.7 Å². The van der Waals surface area contributed by atoms with Gasteiger partial charge >= 0.3 is 0 Å². The van der Waals surface area contributed by atoms with Crippen LogP contribution in [-0.4, -0.2) is 36.5 Å². The minimum absolute atomic E-state index is 0.319. The third kappa shape index (κ3) is 4.15. The van der Waals surface area contributed by atoms with Gasteiger partial charge in [0.15, 0.2) is 5.82 Å². The molecule has 1 aromatic heterocycles. The standard InChI is InChI=1S/C19H27N3O3S/c1-14-9-10-15(2)17(13-14)26(23,24)22(3)12-11-18-20-19(25-21-18)16-7-5-4-6-8-16/h9-10,13,16H,4-8,11-12H2,1-3H3. The lowest BCUT2D eigenvalue weighted by Crippen LogP contribution is -2.29. The molecule has 26 heavy (non-hydrogen) atoms. The van der Waals surface area contributed by atoms with E-state index in [1.165, 1.54) is 23.6 Å². The number of aromatic nitrogens is 2. The maximum absolute atomic E-state index is 12.8. The first kappa shape index (κ1) is 19.0. The summed E-state index contributed by atoms with van der Waals surface area (Å²) in [5.41, 5.74) is 1.68. The van der Waals surface area contributed by atoms with Crippen LogP contribution in [0.4, 0.5) is 0 Å². The van der Waals surface area contributed by atoms with Gasteiger partial charge in [0.05, 0.1) is 4.90 Å². The Balaban J connectivity index is 1.65. The molecule has 1 aliphatic rings. The molecule has 0 unspecified atom stereocenters. The third-order valence-corrected chi connectivity index (χ3v) is 7.12. The molecule has 0 aliphatic heterocycles. The number of likely N-dealkylation sites (N-methyl/N-ethyl adjacent to an activating group) is 1. The van der Waals surface area contributed by atoms with Gasteiger partial charge in [-0.3, -0.25) is 0 Å². The maximum Gasteiger partial charge on any atom is 0.243 e. The fourth-order valence-electron chi connectivity index (χ4n) is 3.42. The van der Waals surface area contributed by atoms with Crippen molar-refractivity contribution in [2.24, 2.45) is 0 Å². The fraction of sp³-hybridized carbons (Fsp3) is 0.579. The quantitative estimate of drug-likeness (QED) is 0.769. The summed E-state index contributed by atoms with van der Waals surface area (Å²) in [5.74, 6) is 1.65. The third-order valence-electron chi connectivity index (χ3n) is 5.12. The van der Waals surface area contributed by atoms with Crippen molar-refractivity contribution in [3.8, 4) is 0 Å². The SMILES string of the molecule is Cc1ccc(C)c(S(=O)(=O)N(C)CCc2noc(C3CCCCC3)n2)c1. The number of benzene rings is 1. The van der Waals surface area contributed by atoms with Crippen molar-refractivity contribution >= 4 is 10.0 Å². The summed E-state index contributed by atoms with van der Waals surface area (Å²) >= 11 is 0. The summed E-state index contributed by atoms with van der Waals surface area (Å²) in [6.45, 7) is 4.03. The molecule has 1 heterocycles. The summed E-state index contributed by atoms with van der Waals surface area (Å²) in [7, 11) is -1.93. The zero-order chi connectivity index (χ0) is 18.7. The molecule has 1 fully saturated rings. The van der Waals surface area contributed by atoms with E-state index in [1.807, 2.05) is 26.0 Å². The number of hydrogen-bond donors (Lipinski definition) is 0. The van der Waals surface area contributed by atoms with Gasteiger partial charge in [0.2, 0.25) is 15.9 Å². The number of nitrogens with zero attached hydrogens (tertiary/aromatic N) is 3. The first-order valence-corrected chi connectivity index (χ1v) is 10.7. The Morgan fingerprint density at radius 2 is 1.92 bits per heavy atom. The van der Waals surface area contributed by atoms with Crippen LogP contribution in [0.5, 0.6) is 0 Å². The molecule has 0 atom stereocenters. The van der Waals surface area contributed by atoms with Crippen LogP contribution in [0, 0.1) is 13.8 Å². The Morgan fingerprint density at radius 1 is 1.19 bits per heavy atom. The zero-order valence-corrected chi connectivity index (χ0v) is 16.6. The zero-order valence-electron chi connectivity index (χ0n) is 15.7. The van der Waals surface area contributed by atoms with Gasteiger partial charge in [-0.15, -0.1) is 0 Å². The number of hydrogen-bond acceptors (Lipinski definition) is 5. The second-order valence-electron chi connectivity index (χ2n) is 7.23. The van der Waals surface area contributed by atoms with Crippen LogP contribution in [0.1, 0.15) is 60.9 Å². The van der Waals surface area contributed by atoms with Crippen molar-refractivity contribution in [2.75, 3.05) is 13.6 Å². The Morgan fingerprint density at radius 3 is 2.65 bits per heavy atom. The van der Waals surface area contributed by atoms with Gasteiger partial charge in [0, 0.05) is 25.9 Å². The summed E-state index contributed by atoms with van der Waals surface area (Å²) in [5, 5.41) is 4.04. The molecule has 1 aromatic carbocycles. The van der Waals surface area contributed by atoms with Crippen LogP contribution in [0.15, 0.2) is 27.6 Å². The second-order valence-corrected chi connectivity index (χ2v) is 9.24. The topological polar surface area (TPSA) is 76.3 Å². The summed E-state index contributed by atoms with van der Waals surface area (Å²) < 4.78 is 32.5. The monoisotopic (exact) mass is 377 g/mol. The van der Waals surface area contributed by atoms with Crippen LogP contribution in [0.2, 0.25) is 0 Å². The molecule has 0 radical (unpaired) electrons. The molecule has 0 amide bonds. The van der Waals surface area contributed by atoms with Crippen molar-refractivity contribution < 1.29 is 12.9 Å². The smallest absolute Gasteiger partial charge is 0.243 e. The first-order chi connectivity index (χ1) is 12.4. The van der Waals surface area contributed by atoms with Crippen molar-refractivity contribution in [2.45, 2.75) is 63.2 Å². The van der Waals surface area contributed by atoms with Crippen LogP contribution >= 0.6 is 0 Å². The predicted octanol–water partition coefficient (Wildman–Crippen LogP) is 3.60. The average molecular weight is 378 g/mol. The highest BCUT2D eigenvalue weighted by molar-refractivity contribution is 7.89.